The lowest BCUT2D eigenvalue weighted by Crippen LogP contribution is -2.36. The molecular formula is C18H20ClNO4. The van der Waals surface area contributed by atoms with Gasteiger partial charge < -0.3 is 9.47 Å². The molecule has 1 unspecified atom stereocenters. The van der Waals surface area contributed by atoms with Crippen molar-refractivity contribution in [1.29, 1.82) is 0 Å². The number of allylic oxidation sites excluding steroid dienone is 1. The Labute approximate surface area is 146 Å². The molecule has 6 heteroatoms. The number of carbonyl (C=O) groups excluding carboxylic acids is 2. The fraction of sp³-hybridized carbons (Fsp3) is 0.389. The van der Waals surface area contributed by atoms with Gasteiger partial charge in [-0.1, -0.05) is 23.7 Å². The third-order valence-corrected chi connectivity index (χ3v) is 4.22. The molecule has 0 spiro atoms. The second-order valence-corrected chi connectivity index (χ2v) is 5.94. The number of hydrogen-bond donors (Lipinski definition) is 0. The summed E-state index contributed by atoms with van der Waals surface area (Å²) in [6.07, 6.45) is 0. The van der Waals surface area contributed by atoms with Gasteiger partial charge in [-0.3, -0.25) is 9.79 Å². The quantitative estimate of drug-likeness (QED) is 0.780. The SMILES string of the molecule is CCOC(=O)C1C(C)=NC(C)=C(C(=O)OC)[C@@H]1c1cccc(Cl)c1. The van der Waals surface area contributed by atoms with Crippen molar-refractivity contribution >= 4 is 29.3 Å². The van der Waals surface area contributed by atoms with E-state index < -0.39 is 23.8 Å². The minimum Gasteiger partial charge on any atom is -0.466 e. The molecule has 1 aromatic rings. The van der Waals surface area contributed by atoms with E-state index in [-0.39, 0.29) is 6.61 Å². The van der Waals surface area contributed by atoms with E-state index >= 15 is 0 Å². The third-order valence-electron chi connectivity index (χ3n) is 3.98. The van der Waals surface area contributed by atoms with E-state index in [1.165, 1.54) is 7.11 Å². The van der Waals surface area contributed by atoms with Gasteiger partial charge in [-0.25, -0.2) is 4.79 Å². The molecule has 1 heterocycles. The molecule has 2 rings (SSSR count). The average molecular weight is 350 g/mol. The average Bonchev–Trinajstić information content (AvgIpc) is 2.53. The van der Waals surface area contributed by atoms with E-state index in [2.05, 4.69) is 4.99 Å². The van der Waals surface area contributed by atoms with E-state index in [0.29, 0.717) is 22.0 Å². The molecule has 1 aromatic carbocycles. The number of ether oxygens (including phenoxy) is 2. The van der Waals surface area contributed by atoms with E-state index in [1.807, 2.05) is 6.07 Å². The van der Waals surface area contributed by atoms with Gasteiger partial charge in [-0.2, -0.15) is 0 Å². The number of carbonyl (C=O) groups is 2. The predicted octanol–water partition coefficient (Wildman–Crippen LogP) is 3.52. The molecule has 0 saturated carbocycles. The van der Waals surface area contributed by atoms with Gasteiger partial charge in [0.25, 0.3) is 0 Å². The van der Waals surface area contributed by atoms with Crippen molar-refractivity contribution in [3.63, 3.8) is 0 Å². The van der Waals surface area contributed by atoms with Crippen LogP contribution in [0.2, 0.25) is 5.02 Å². The molecule has 0 aliphatic carbocycles. The predicted molar refractivity (Wildman–Crippen MR) is 92.1 cm³/mol. The van der Waals surface area contributed by atoms with Gasteiger partial charge >= 0.3 is 11.9 Å². The van der Waals surface area contributed by atoms with Crippen LogP contribution in [0.3, 0.4) is 0 Å². The fourth-order valence-electron chi connectivity index (χ4n) is 3.01. The number of rotatable bonds is 4. The molecule has 0 radical (unpaired) electrons. The first kappa shape index (κ1) is 18.2. The lowest BCUT2D eigenvalue weighted by molar-refractivity contribution is -0.146. The summed E-state index contributed by atoms with van der Waals surface area (Å²) in [6, 6.07) is 7.10. The lowest BCUT2D eigenvalue weighted by Gasteiger charge is -2.31. The minimum atomic E-state index is -0.693. The van der Waals surface area contributed by atoms with Crippen LogP contribution in [0.25, 0.3) is 0 Å². The number of nitrogens with zero attached hydrogens (tertiary/aromatic N) is 1. The number of halogens is 1. The number of hydrogen-bond acceptors (Lipinski definition) is 5. The van der Waals surface area contributed by atoms with Crippen LogP contribution < -0.4 is 0 Å². The summed E-state index contributed by atoms with van der Waals surface area (Å²) < 4.78 is 10.1. The zero-order chi connectivity index (χ0) is 17.9. The van der Waals surface area contributed by atoms with Gasteiger partial charge in [0.2, 0.25) is 0 Å². The Morgan fingerprint density at radius 3 is 2.58 bits per heavy atom. The molecule has 0 amide bonds. The molecule has 0 saturated heterocycles. The van der Waals surface area contributed by atoms with Crippen molar-refractivity contribution in [2.45, 2.75) is 26.7 Å². The Kier molecular flexibility index (Phi) is 5.78. The van der Waals surface area contributed by atoms with Gasteiger partial charge in [0.15, 0.2) is 0 Å². The highest BCUT2D eigenvalue weighted by Gasteiger charge is 2.42. The lowest BCUT2D eigenvalue weighted by atomic mass is 9.75. The summed E-state index contributed by atoms with van der Waals surface area (Å²) in [5.41, 5.74) is 2.23. The fourth-order valence-corrected chi connectivity index (χ4v) is 3.21. The highest BCUT2D eigenvalue weighted by molar-refractivity contribution is 6.30. The summed E-state index contributed by atoms with van der Waals surface area (Å²) >= 11 is 6.11. The first-order chi connectivity index (χ1) is 11.4. The van der Waals surface area contributed by atoms with E-state index in [9.17, 15) is 9.59 Å². The number of aliphatic imine (C=N–C) groups is 1. The second-order valence-electron chi connectivity index (χ2n) is 5.51. The van der Waals surface area contributed by atoms with Gasteiger partial charge in [0.05, 0.1) is 19.3 Å². The molecule has 0 fully saturated rings. The first-order valence-electron chi connectivity index (χ1n) is 7.67. The van der Waals surface area contributed by atoms with Crippen molar-refractivity contribution in [1.82, 2.24) is 0 Å². The molecule has 1 aliphatic heterocycles. The van der Waals surface area contributed by atoms with Crippen molar-refractivity contribution in [3.8, 4) is 0 Å². The van der Waals surface area contributed by atoms with Crippen molar-refractivity contribution in [2.75, 3.05) is 13.7 Å². The highest BCUT2D eigenvalue weighted by Crippen LogP contribution is 2.40. The van der Waals surface area contributed by atoms with Crippen molar-refractivity contribution < 1.29 is 19.1 Å². The number of methoxy groups -OCH3 is 1. The second kappa shape index (κ2) is 7.62. The topological polar surface area (TPSA) is 65.0 Å². The molecular weight excluding hydrogens is 330 g/mol. The molecule has 1 aliphatic rings. The van der Waals surface area contributed by atoms with Crippen LogP contribution in [0.5, 0.6) is 0 Å². The first-order valence-corrected chi connectivity index (χ1v) is 8.04. The minimum absolute atomic E-state index is 0.251. The Hall–Kier alpha value is -2.14. The molecule has 5 nitrogen and oxygen atoms in total. The van der Waals surface area contributed by atoms with Crippen LogP contribution in [0, 0.1) is 5.92 Å². The van der Waals surface area contributed by atoms with Crippen LogP contribution in [0.1, 0.15) is 32.3 Å². The van der Waals surface area contributed by atoms with Crippen LogP contribution in [-0.4, -0.2) is 31.4 Å². The third kappa shape index (κ3) is 3.51. The zero-order valence-electron chi connectivity index (χ0n) is 14.1. The Bertz CT molecular complexity index is 723. The van der Waals surface area contributed by atoms with Crippen LogP contribution in [-0.2, 0) is 19.1 Å². The smallest absolute Gasteiger partial charge is 0.336 e. The molecule has 2 atom stereocenters. The van der Waals surface area contributed by atoms with Gasteiger partial charge in [-0.15, -0.1) is 0 Å². The van der Waals surface area contributed by atoms with Gasteiger partial charge in [0.1, 0.15) is 5.92 Å². The summed E-state index contributed by atoms with van der Waals surface area (Å²) in [4.78, 5) is 29.3. The summed E-state index contributed by atoms with van der Waals surface area (Å²) in [5.74, 6) is -2.17. The highest BCUT2D eigenvalue weighted by atomic mass is 35.5. The number of benzene rings is 1. The Morgan fingerprint density at radius 2 is 2.00 bits per heavy atom. The molecule has 0 aromatic heterocycles. The standard InChI is InChI=1S/C18H20ClNO4/c1-5-24-18(22)15-11(3)20-10(2)14(17(21)23-4)16(15)12-7-6-8-13(19)9-12/h6-9,15-16H,5H2,1-4H3/t15?,16-/m0/s1. The zero-order valence-corrected chi connectivity index (χ0v) is 14.9. The van der Waals surface area contributed by atoms with E-state index in [4.69, 9.17) is 21.1 Å². The molecule has 0 N–H and O–H groups in total. The summed E-state index contributed by atoms with van der Waals surface area (Å²) in [5, 5.41) is 0.525. The Balaban J connectivity index is 2.64. The van der Waals surface area contributed by atoms with Crippen molar-refractivity contribution in [3.05, 3.63) is 46.1 Å². The molecule has 0 bridgehead atoms. The maximum atomic E-state index is 12.5. The van der Waals surface area contributed by atoms with Crippen LogP contribution in [0.15, 0.2) is 40.5 Å². The molecule has 128 valence electrons. The van der Waals surface area contributed by atoms with Crippen LogP contribution in [0.4, 0.5) is 0 Å². The van der Waals surface area contributed by atoms with Gasteiger partial charge in [-0.05, 0) is 38.5 Å². The van der Waals surface area contributed by atoms with Crippen LogP contribution >= 0.6 is 11.6 Å². The molecule has 24 heavy (non-hydrogen) atoms. The monoisotopic (exact) mass is 349 g/mol. The maximum Gasteiger partial charge on any atom is 0.336 e. The summed E-state index contributed by atoms with van der Waals surface area (Å²) in [6.45, 7) is 5.48. The normalized spacial score (nSPS) is 20.5. The number of esters is 2. The summed E-state index contributed by atoms with van der Waals surface area (Å²) in [7, 11) is 1.31. The largest absolute Gasteiger partial charge is 0.466 e. The van der Waals surface area contributed by atoms with E-state index in [0.717, 1.165) is 5.56 Å². The Morgan fingerprint density at radius 1 is 1.29 bits per heavy atom. The van der Waals surface area contributed by atoms with Gasteiger partial charge in [0, 0.05) is 22.3 Å². The van der Waals surface area contributed by atoms with E-state index in [1.54, 1.807) is 39.0 Å². The maximum absolute atomic E-state index is 12.5. The van der Waals surface area contributed by atoms with Crippen molar-refractivity contribution in [2.24, 2.45) is 10.9 Å².